The number of hydrogen-bond donors (Lipinski definition) is 0. The van der Waals surface area contributed by atoms with Crippen molar-refractivity contribution in [1.82, 2.24) is 14.8 Å². The van der Waals surface area contributed by atoms with Gasteiger partial charge in [0.05, 0.1) is 18.6 Å². The van der Waals surface area contributed by atoms with Gasteiger partial charge in [-0.2, -0.15) is 0 Å². The summed E-state index contributed by atoms with van der Waals surface area (Å²) < 4.78 is 0. The van der Waals surface area contributed by atoms with Gasteiger partial charge in [0, 0.05) is 36.9 Å². The highest BCUT2D eigenvalue weighted by Gasteiger charge is 2.47. The van der Waals surface area contributed by atoms with Crippen molar-refractivity contribution in [2.45, 2.75) is 18.5 Å². The molecule has 2 aromatic rings. The molecule has 1 aromatic carbocycles. The van der Waals surface area contributed by atoms with Crippen molar-refractivity contribution in [2.24, 2.45) is 0 Å². The number of anilines is 1. The lowest BCUT2D eigenvalue weighted by atomic mass is 9.92. The molecular weight excluding hydrogens is 320 g/mol. The van der Waals surface area contributed by atoms with E-state index in [0.717, 1.165) is 38.3 Å². The molecular formula is C18H22N4OS. The maximum Gasteiger partial charge on any atom is 0.241 e. The molecule has 1 atom stereocenters. The molecule has 2 aliphatic rings. The minimum Gasteiger partial charge on any atom is -0.309 e. The fourth-order valence-corrected chi connectivity index (χ4v) is 4.50. The Morgan fingerprint density at radius 1 is 1.25 bits per heavy atom. The number of amides is 1. The molecule has 2 aliphatic heterocycles. The molecule has 5 nitrogen and oxygen atoms in total. The predicted molar refractivity (Wildman–Crippen MR) is 96.2 cm³/mol. The van der Waals surface area contributed by atoms with Crippen molar-refractivity contribution >= 4 is 22.9 Å². The average Bonchev–Trinajstić information content (AvgIpc) is 3.23. The van der Waals surface area contributed by atoms with E-state index in [1.165, 1.54) is 5.01 Å². The summed E-state index contributed by atoms with van der Waals surface area (Å²) >= 11 is 1.71. The standard InChI is InChI=1S/C18H22N4OS/c1-20-12-17(23)22(15-5-3-2-4-6-15)14-18(20)7-9-21(13-18)11-16-19-8-10-24-16/h2-6,8,10H,7,9,11-14H2,1H3/t18-/m0/s1. The number of carbonyl (C=O) groups is 1. The molecule has 126 valence electrons. The van der Waals surface area contributed by atoms with Crippen molar-refractivity contribution in [2.75, 3.05) is 38.1 Å². The van der Waals surface area contributed by atoms with Crippen LogP contribution in [-0.4, -0.2) is 59.5 Å². The molecule has 0 radical (unpaired) electrons. The van der Waals surface area contributed by atoms with Crippen LogP contribution < -0.4 is 4.90 Å². The van der Waals surface area contributed by atoms with Crippen LogP contribution in [0.5, 0.6) is 0 Å². The van der Waals surface area contributed by atoms with E-state index in [1.54, 1.807) is 11.3 Å². The summed E-state index contributed by atoms with van der Waals surface area (Å²) in [7, 11) is 2.09. The fourth-order valence-electron chi connectivity index (χ4n) is 3.84. The van der Waals surface area contributed by atoms with Gasteiger partial charge in [-0.3, -0.25) is 14.6 Å². The van der Waals surface area contributed by atoms with Gasteiger partial charge in [-0.25, -0.2) is 4.98 Å². The zero-order chi connectivity index (χ0) is 16.6. The van der Waals surface area contributed by atoms with Crippen LogP contribution in [0.1, 0.15) is 11.4 Å². The Hall–Kier alpha value is -1.76. The van der Waals surface area contributed by atoms with E-state index in [0.29, 0.717) is 6.54 Å². The van der Waals surface area contributed by atoms with Gasteiger partial charge in [0.1, 0.15) is 5.01 Å². The first kappa shape index (κ1) is 15.7. The van der Waals surface area contributed by atoms with E-state index in [4.69, 9.17) is 0 Å². The second-order valence-electron chi connectivity index (χ2n) is 6.78. The second-order valence-corrected chi connectivity index (χ2v) is 7.76. The molecule has 0 saturated carbocycles. The number of nitrogens with zero attached hydrogens (tertiary/aromatic N) is 4. The Morgan fingerprint density at radius 2 is 2.08 bits per heavy atom. The Morgan fingerprint density at radius 3 is 2.83 bits per heavy atom. The van der Waals surface area contributed by atoms with E-state index in [1.807, 2.05) is 46.8 Å². The van der Waals surface area contributed by atoms with Crippen molar-refractivity contribution in [1.29, 1.82) is 0 Å². The molecule has 0 bridgehead atoms. The SMILES string of the molecule is CN1CC(=O)N(c2ccccc2)C[C@@]12CCN(Cc1nccs1)C2. The first-order valence-electron chi connectivity index (χ1n) is 8.34. The van der Waals surface area contributed by atoms with Gasteiger partial charge in [-0.05, 0) is 25.6 Å². The Kier molecular flexibility index (Phi) is 4.12. The monoisotopic (exact) mass is 342 g/mol. The van der Waals surface area contributed by atoms with Crippen LogP contribution in [0.3, 0.4) is 0 Å². The Bertz CT molecular complexity index is 705. The van der Waals surface area contributed by atoms with Crippen molar-refractivity contribution in [3.8, 4) is 0 Å². The number of likely N-dealkylation sites (N-methyl/N-ethyl adjacent to an activating group) is 1. The number of benzene rings is 1. The number of rotatable bonds is 3. The number of hydrogen-bond acceptors (Lipinski definition) is 5. The van der Waals surface area contributed by atoms with Crippen molar-refractivity contribution < 1.29 is 4.79 Å². The zero-order valence-corrected chi connectivity index (χ0v) is 14.7. The summed E-state index contributed by atoms with van der Waals surface area (Å²) in [5.41, 5.74) is 1.05. The fraction of sp³-hybridized carbons (Fsp3) is 0.444. The lowest BCUT2D eigenvalue weighted by Crippen LogP contribution is -2.64. The maximum absolute atomic E-state index is 12.5. The largest absolute Gasteiger partial charge is 0.309 e. The molecule has 0 N–H and O–H groups in total. The van der Waals surface area contributed by atoms with Gasteiger partial charge in [-0.15, -0.1) is 11.3 Å². The summed E-state index contributed by atoms with van der Waals surface area (Å²) in [6.45, 7) is 4.20. The molecule has 0 aliphatic carbocycles. The van der Waals surface area contributed by atoms with Gasteiger partial charge in [0.2, 0.25) is 5.91 Å². The van der Waals surface area contributed by atoms with Crippen LogP contribution in [0.4, 0.5) is 5.69 Å². The van der Waals surface area contributed by atoms with E-state index in [2.05, 4.69) is 21.8 Å². The van der Waals surface area contributed by atoms with E-state index >= 15 is 0 Å². The molecule has 0 unspecified atom stereocenters. The van der Waals surface area contributed by atoms with Crippen LogP contribution in [0, 0.1) is 0 Å². The molecule has 3 heterocycles. The smallest absolute Gasteiger partial charge is 0.241 e. The number of likely N-dealkylation sites (tertiary alicyclic amines) is 1. The van der Waals surface area contributed by atoms with Crippen LogP contribution in [-0.2, 0) is 11.3 Å². The molecule has 1 spiro atoms. The first-order valence-corrected chi connectivity index (χ1v) is 9.22. The van der Waals surface area contributed by atoms with E-state index in [9.17, 15) is 4.79 Å². The molecule has 1 amide bonds. The second kappa shape index (κ2) is 6.27. The summed E-state index contributed by atoms with van der Waals surface area (Å²) in [6, 6.07) is 10.0. The summed E-state index contributed by atoms with van der Waals surface area (Å²) in [5, 5.41) is 3.20. The summed E-state index contributed by atoms with van der Waals surface area (Å²) in [6.07, 6.45) is 2.96. The number of piperazine rings is 1. The Balaban J connectivity index is 1.52. The summed E-state index contributed by atoms with van der Waals surface area (Å²) in [4.78, 5) is 23.6. The predicted octanol–water partition coefficient (Wildman–Crippen LogP) is 2.07. The first-order chi connectivity index (χ1) is 11.7. The van der Waals surface area contributed by atoms with Gasteiger partial charge in [0.15, 0.2) is 0 Å². The highest BCUT2D eigenvalue weighted by Crippen LogP contribution is 2.34. The number of aromatic nitrogens is 1. The van der Waals surface area contributed by atoms with Gasteiger partial charge < -0.3 is 4.90 Å². The normalized spacial score (nSPS) is 25.7. The number of thiazole rings is 1. The van der Waals surface area contributed by atoms with E-state index in [-0.39, 0.29) is 11.4 Å². The molecule has 4 rings (SSSR count). The third-order valence-electron chi connectivity index (χ3n) is 5.26. The quantitative estimate of drug-likeness (QED) is 0.856. The van der Waals surface area contributed by atoms with E-state index < -0.39 is 0 Å². The topological polar surface area (TPSA) is 39.7 Å². The zero-order valence-electron chi connectivity index (χ0n) is 13.9. The highest BCUT2D eigenvalue weighted by atomic mass is 32.1. The van der Waals surface area contributed by atoms with Crippen LogP contribution in [0.2, 0.25) is 0 Å². The van der Waals surface area contributed by atoms with Crippen LogP contribution in [0.15, 0.2) is 41.9 Å². The van der Waals surface area contributed by atoms with Crippen molar-refractivity contribution in [3.63, 3.8) is 0 Å². The number of carbonyl (C=O) groups excluding carboxylic acids is 1. The Labute approximate surface area is 146 Å². The number of para-hydroxylation sites is 1. The lowest BCUT2D eigenvalue weighted by molar-refractivity contribution is -0.123. The summed E-state index contributed by atoms with van der Waals surface area (Å²) in [5.74, 6) is 0.188. The molecule has 2 fully saturated rings. The highest BCUT2D eigenvalue weighted by molar-refractivity contribution is 7.09. The molecule has 1 aromatic heterocycles. The lowest BCUT2D eigenvalue weighted by Gasteiger charge is -2.47. The molecule has 6 heteroatoms. The minimum absolute atomic E-state index is 0.0427. The van der Waals surface area contributed by atoms with Gasteiger partial charge in [-0.1, -0.05) is 18.2 Å². The average molecular weight is 342 g/mol. The van der Waals surface area contributed by atoms with Crippen molar-refractivity contribution in [3.05, 3.63) is 46.9 Å². The molecule has 2 saturated heterocycles. The minimum atomic E-state index is 0.0427. The van der Waals surface area contributed by atoms with Crippen LogP contribution >= 0.6 is 11.3 Å². The maximum atomic E-state index is 12.5. The third-order valence-corrected chi connectivity index (χ3v) is 6.02. The molecule has 24 heavy (non-hydrogen) atoms. The van der Waals surface area contributed by atoms with Crippen LogP contribution in [0.25, 0.3) is 0 Å². The van der Waals surface area contributed by atoms with Gasteiger partial charge >= 0.3 is 0 Å². The third kappa shape index (κ3) is 2.85. The van der Waals surface area contributed by atoms with Gasteiger partial charge in [0.25, 0.3) is 0 Å².